The number of esters is 1. The Morgan fingerprint density at radius 3 is 2.70 bits per heavy atom. The zero-order valence-electron chi connectivity index (χ0n) is 13.4. The topological polar surface area (TPSA) is 58.6 Å². The van der Waals surface area contributed by atoms with Gasteiger partial charge in [-0.15, -0.1) is 0 Å². The van der Waals surface area contributed by atoms with Crippen LogP contribution >= 0.6 is 0 Å². The summed E-state index contributed by atoms with van der Waals surface area (Å²) in [4.78, 5) is 25.3. The lowest BCUT2D eigenvalue weighted by molar-refractivity contribution is -0.150. The van der Waals surface area contributed by atoms with Crippen LogP contribution in [0.3, 0.4) is 0 Å². The van der Waals surface area contributed by atoms with Gasteiger partial charge in [-0.05, 0) is 37.5 Å². The minimum absolute atomic E-state index is 0.110. The van der Waals surface area contributed by atoms with Crippen LogP contribution in [0.5, 0.6) is 0 Å². The minimum Gasteiger partial charge on any atom is -0.469 e. The maximum atomic E-state index is 13.7. The molecule has 1 aromatic carbocycles. The van der Waals surface area contributed by atoms with Gasteiger partial charge in [0.25, 0.3) is 0 Å². The number of nitrogens with zero attached hydrogens (tertiary/aromatic N) is 1. The van der Waals surface area contributed by atoms with Gasteiger partial charge in [0.2, 0.25) is 0 Å². The first-order valence-corrected chi connectivity index (χ1v) is 7.32. The van der Waals surface area contributed by atoms with Crippen molar-refractivity contribution in [1.29, 1.82) is 0 Å². The summed E-state index contributed by atoms with van der Waals surface area (Å²) >= 11 is 0. The molecular weight excluding hydrogens is 306 g/mol. The molecule has 0 atom stereocenters. The van der Waals surface area contributed by atoms with Gasteiger partial charge in [-0.2, -0.15) is 0 Å². The highest BCUT2D eigenvalue weighted by molar-refractivity contribution is 5.79. The van der Waals surface area contributed by atoms with E-state index in [0.717, 1.165) is 6.07 Å². The predicted octanol–water partition coefficient (Wildman–Crippen LogP) is 2.23. The third kappa shape index (κ3) is 3.78. The third-order valence-electron chi connectivity index (χ3n) is 3.95. The summed E-state index contributed by atoms with van der Waals surface area (Å²) in [5.74, 6) is -1.66. The highest BCUT2D eigenvalue weighted by Crippen LogP contribution is 2.23. The van der Waals surface area contributed by atoms with Crippen molar-refractivity contribution >= 4 is 12.0 Å². The van der Waals surface area contributed by atoms with Gasteiger partial charge in [-0.1, -0.05) is 0 Å². The molecule has 0 spiro atoms. The molecule has 1 N–H and O–H groups in total. The predicted molar refractivity (Wildman–Crippen MR) is 79.7 cm³/mol. The molecule has 2 amide bonds. The quantitative estimate of drug-likeness (QED) is 0.867. The van der Waals surface area contributed by atoms with Crippen LogP contribution in [0.2, 0.25) is 0 Å². The summed E-state index contributed by atoms with van der Waals surface area (Å²) in [6.45, 7) is 3.90. The SMILES string of the molecule is COC(=O)C(C)(C)CNC(=O)N1CCc2c(F)cc(F)cc2C1. The highest BCUT2D eigenvalue weighted by atomic mass is 19.1. The fourth-order valence-electron chi connectivity index (χ4n) is 2.54. The Morgan fingerprint density at radius 1 is 1.35 bits per heavy atom. The monoisotopic (exact) mass is 326 g/mol. The zero-order chi connectivity index (χ0) is 17.2. The Balaban J connectivity index is 2.01. The van der Waals surface area contributed by atoms with Crippen molar-refractivity contribution in [1.82, 2.24) is 10.2 Å². The molecule has 2 rings (SSSR count). The van der Waals surface area contributed by atoms with Gasteiger partial charge in [0, 0.05) is 25.7 Å². The van der Waals surface area contributed by atoms with Crippen molar-refractivity contribution in [3.8, 4) is 0 Å². The van der Waals surface area contributed by atoms with E-state index >= 15 is 0 Å². The van der Waals surface area contributed by atoms with Gasteiger partial charge in [-0.3, -0.25) is 4.79 Å². The van der Waals surface area contributed by atoms with Crippen molar-refractivity contribution in [3.63, 3.8) is 0 Å². The number of rotatable bonds is 3. The van der Waals surface area contributed by atoms with E-state index in [-0.39, 0.29) is 19.1 Å². The number of amides is 2. The second-order valence-corrected chi connectivity index (χ2v) is 6.23. The van der Waals surface area contributed by atoms with Gasteiger partial charge in [0.05, 0.1) is 12.5 Å². The number of urea groups is 1. The number of hydrogen-bond donors (Lipinski definition) is 1. The van der Waals surface area contributed by atoms with Gasteiger partial charge < -0.3 is 15.0 Å². The molecule has 7 heteroatoms. The van der Waals surface area contributed by atoms with Crippen LogP contribution in [0, 0.1) is 17.0 Å². The van der Waals surface area contributed by atoms with Crippen molar-refractivity contribution in [2.75, 3.05) is 20.2 Å². The normalized spacial score (nSPS) is 14.2. The molecule has 23 heavy (non-hydrogen) atoms. The summed E-state index contributed by atoms with van der Waals surface area (Å²) in [6.07, 6.45) is 0.329. The number of nitrogens with one attached hydrogen (secondary N) is 1. The van der Waals surface area contributed by atoms with E-state index in [4.69, 9.17) is 0 Å². The first-order chi connectivity index (χ1) is 10.7. The molecule has 1 aliphatic rings. The molecule has 1 aliphatic heterocycles. The fraction of sp³-hybridized carbons (Fsp3) is 0.500. The lowest BCUT2D eigenvalue weighted by atomic mass is 9.94. The first-order valence-electron chi connectivity index (χ1n) is 7.32. The van der Waals surface area contributed by atoms with Crippen LogP contribution in [-0.2, 0) is 22.5 Å². The van der Waals surface area contributed by atoms with Crippen LogP contribution in [0.1, 0.15) is 25.0 Å². The maximum absolute atomic E-state index is 13.7. The number of carbonyl (C=O) groups is 2. The molecule has 5 nitrogen and oxygen atoms in total. The molecular formula is C16H20F2N2O3. The lowest BCUT2D eigenvalue weighted by Crippen LogP contribution is -2.47. The highest BCUT2D eigenvalue weighted by Gasteiger charge is 2.30. The number of carbonyl (C=O) groups excluding carboxylic acids is 2. The van der Waals surface area contributed by atoms with Crippen molar-refractivity contribution < 1.29 is 23.1 Å². The summed E-state index contributed by atoms with van der Waals surface area (Å²) in [6, 6.07) is 1.72. The number of hydrogen-bond acceptors (Lipinski definition) is 3. The second-order valence-electron chi connectivity index (χ2n) is 6.23. The number of methoxy groups -OCH3 is 1. The molecule has 0 aliphatic carbocycles. The third-order valence-corrected chi connectivity index (χ3v) is 3.95. The standard InChI is InChI=1S/C16H20F2N2O3/c1-16(2,14(21)23-3)9-19-15(22)20-5-4-12-10(8-20)6-11(17)7-13(12)18/h6-7H,4-5,8-9H2,1-3H3,(H,19,22). The van der Waals surface area contributed by atoms with Crippen LogP contribution in [0.25, 0.3) is 0 Å². The van der Waals surface area contributed by atoms with E-state index in [0.29, 0.717) is 24.1 Å². The molecule has 1 heterocycles. The Hall–Kier alpha value is -2.18. The van der Waals surface area contributed by atoms with E-state index in [1.54, 1.807) is 13.8 Å². The largest absolute Gasteiger partial charge is 0.469 e. The fourth-order valence-corrected chi connectivity index (χ4v) is 2.54. The molecule has 1 aromatic rings. The molecule has 0 fully saturated rings. The number of benzene rings is 1. The molecule has 0 aromatic heterocycles. The molecule has 0 saturated carbocycles. The van der Waals surface area contributed by atoms with E-state index in [1.807, 2.05) is 0 Å². The molecule has 126 valence electrons. The van der Waals surface area contributed by atoms with Gasteiger partial charge in [-0.25, -0.2) is 13.6 Å². The number of ether oxygens (including phenoxy) is 1. The molecule has 0 unspecified atom stereocenters. The molecule has 0 bridgehead atoms. The van der Waals surface area contributed by atoms with E-state index in [2.05, 4.69) is 10.1 Å². The summed E-state index contributed by atoms with van der Waals surface area (Å²) in [5.41, 5.74) is 0.0672. The minimum atomic E-state index is -0.851. The Bertz CT molecular complexity index is 632. The van der Waals surface area contributed by atoms with Crippen LogP contribution in [-0.4, -0.2) is 37.1 Å². The van der Waals surface area contributed by atoms with Crippen molar-refractivity contribution in [3.05, 3.63) is 34.9 Å². The van der Waals surface area contributed by atoms with Crippen LogP contribution in [0.15, 0.2) is 12.1 Å². The lowest BCUT2D eigenvalue weighted by Gasteiger charge is -2.30. The van der Waals surface area contributed by atoms with Gasteiger partial charge in [0.15, 0.2) is 0 Å². The molecule has 0 radical (unpaired) electrons. The Morgan fingerprint density at radius 2 is 2.04 bits per heavy atom. The number of fused-ring (bicyclic) bond motifs is 1. The molecule has 0 saturated heterocycles. The van der Waals surface area contributed by atoms with Gasteiger partial charge in [0.1, 0.15) is 11.6 Å². The van der Waals surface area contributed by atoms with E-state index < -0.39 is 23.0 Å². The second kappa shape index (κ2) is 6.52. The van der Waals surface area contributed by atoms with E-state index in [1.165, 1.54) is 18.1 Å². The summed E-state index contributed by atoms with van der Waals surface area (Å²) in [7, 11) is 1.29. The zero-order valence-corrected chi connectivity index (χ0v) is 13.4. The smallest absolute Gasteiger partial charge is 0.317 e. The summed E-state index contributed by atoms with van der Waals surface area (Å²) in [5, 5.41) is 2.67. The van der Waals surface area contributed by atoms with Crippen molar-refractivity contribution in [2.24, 2.45) is 5.41 Å². The Kier molecular flexibility index (Phi) is 4.87. The Labute approximate surface area is 133 Å². The van der Waals surface area contributed by atoms with Crippen LogP contribution < -0.4 is 5.32 Å². The van der Waals surface area contributed by atoms with Crippen LogP contribution in [0.4, 0.5) is 13.6 Å². The van der Waals surface area contributed by atoms with E-state index in [9.17, 15) is 18.4 Å². The van der Waals surface area contributed by atoms with Gasteiger partial charge >= 0.3 is 12.0 Å². The first kappa shape index (κ1) is 17.2. The maximum Gasteiger partial charge on any atom is 0.317 e. The average molecular weight is 326 g/mol. The average Bonchev–Trinajstić information content (AvgIpc) is 2.50. The summed E-state index contributed by atoms with van der Waals surface area (Å²) < 4.78 is 31.7. The van der Waals surface area contributed by atoms with Crippen molar-refractivity contribution in [2.45, 2.75) is 26.8 Å². The number of halogens is 2.